The Morgan fingerprint density at radius 1 is 1.37 bits per heavy atom. The number of aromatic nitrogens is 1. The number of nitrogens with zero attached hydrogens (tertiary/aromatic N) is 1. The van der Waals surface area contributed by atoms with Gasteiger partial charge in [0, 0.05) is 11.1 Å². The maximum absolute atomic E-state index is 11.6. The molecular weight excluding hydrogens is 260 g/mol. The lowest BCUT2D eigenvalue weighted by molar-refractivity contribution is -0.121. The predicted molar refractivity (Wildman–Crippen MR) is 75.3 cm³/mol. The first-order chi connectivity index (χ1) is 9.24. The first-order valence-corrected chi connectivity index (χ1v) is 6.91. The molecule has 0 spiro atoms. The highest BCUT2D eigenvalue weighted by Gasteiger charge is 2.04. The van der Waals surface area contributed by atoms with Gasteiger partial charge in [0.1, 0.15) is 10.8 Å². The highest BCUT2D eigenvalue weighted by atomic mass is 32.1. The van der Waals surface area contributed by atoms with Gasteiger partial charge in [-0.2, -0.15) is 0 Å². The van der Waals surface area contributed by atoms with Gasteiger partial charge in [0.15, 0.2) is 0 Å². The smallest absolute Gasteiger partial charge is 0.223 e. The van der Waals surface area contributed by atoms with E-state index in [2.05, 4.69) is 10.3 Å². The van der Waals surface area contributed by atoms with Gasteiger partial charge in [0.05, 0.1) is 19.6 Å². The molecule has 1 aromatic heterocycles. The van der Waals surface area contributed by atoms with Crippen molar-refractivity contribution in [3.8, 4) is 5.75 Å². The minimum Gasteiger partial charge on any atom is -0.493 e. The molecule has 0 aliphatic heterocycles. The molecule has 1 N–H and O–H groups in total. The summed E-state index contributed by atoms with van der Waals surface area (Å²) in [6, 6.07) is 9.47. The van der Waals surface area contributed by atoms with Crippen LogP contribution < -0.4 is 10.1 Å². The Morgan fingerprint density at radius 2 is 2.16 bits per heavy atom. The fraction of sp³-hybridized carbons (Fsp3) is 0.286. The largest absolute Gasteiger partial charge is 0.493 e. The molecule has 0 atom stereocenters. The van der Waals surface area contributed by atoms with Crippen molar-refractivity contribution in [3.05, 3.63) is 46.4 Å². The van der Waals surface area contributed by atoms with Gasteiger partial charge in [-0.3, -0.25) is 4.79 Å². The highest BCUT2D eigenvalue weighted by molar-refractivity contribution is 7.11. The van der Waals surface area contributed by atoms with Crippen molar-refractivity contribution in [3.63, 3.8) is 0 Å². The molecule has 2 rings (SSSR count). The maximum Gasteiger partial charge on any atom is 0.223 e. The van der Waals surface area contributed by atoms with Crippen LogP contribution in [-0.2, 0) is 11.3 Å². The molecular formula is C14H16N2O2S. The summed E-state index contributed by atoms with van der Waals surface area (Å²) < 4.78 is 5.46. The predicted octanol–water partition coefficient (Wildman–Crippen LogP) is 2.54. The third-order valence-corrected chi connectivity index (χ3v) is 3.36. The molecule has 5 heteroatoms. The fourth-order valence-corrected chi connectivity index (χ4v) is 2.25. The molecule has 0 saturated heterocycles. The van der Waals surface area contributed by atoms with Gasteiger partial charge in [-0.1, -0.05) is 18.2 Å². The summed E-state index contributed by atoms with van der Waals surface area (Å²) in [6.07, 6.45) is 2.16. The van der Waals surface area contributed by atoms with E-state index >= 15 is 0 Å². The number of thiazole rings is 1. The first kappa shape index (κ1) is 13.5. The summed E-state index contributed by atoms with van der Waals surface area (Å²) in [6.45, 7) is 2.87. The van der Waals surface area contributed by atoms with Gasteiger partial charge < -0.3 is 10.1 Å². The fourth-order valence-electron chi connectivity index (χ4n) is 1.52. The van der Waals surface area contributed by atoms with Crippen LogP contribution in [0, 0.1) is 6.92 Å². The van der Waals surface area contributed by atoms with E-state index in [0.29, 0.717) is 19.6 Å². The zero-order valence-electron chi connectivity index (χ0n) is 10.8. The SMILES string of the molecule is Cc1cnc(CNC(=O)CCOc2ccccc2)s1. The van der Waals surface area contributed by atoms with E-state index in [0.717, 1.165) is 15.6 Å². The Morgan fingerprint density at radius 3 is 2.84 bits per heavy atom. The monoisotopic (exact) mass is 276 g/mol. The lowest BCUT2D eigenvalue weighted by Gasteiger charge is -2.06. The number of para-hydroxylation sites is 1. The molecule has 0 fully saturated rings. The Labute approximate surface area is 116 Å². The molecule has 1 heterocycles. The molecule has 0 saturated carbocycles. The Bertz CT molecular complexity index is 525. The maximum atomic E-state index is 11.6. The van der Waals surface area contributed by atoms with Crippen molar-refractivity contribution in [1.82, 2.24) is 10.3 Å². The number of hydrogen-bond acceptors (Lipinski definition) is 4. The van der Waals surface area contributed by atoms with Gasteiger partial charge in [0.2, 0.25) is 5.91 Å². The molecule has 0 unspecified atom stereocenters. The summed E-state index contributed by atoms with van der Waals surface area (Å²) in [4.78, 5) is 16.9. The minimum atomic E-state index is -0.0243. The average molecular weight is 276 g/mol. The van der Waals surface area contributed by atoms with Crippen molar-refractivity contribution in [2.24, 2.45) is 0 Å². The lowest BCUT2D eigenvalue weighted by atomic mass is 10.3. The minimum absolute atomic E-state index is 0.0243. The van der Waals surface area contributed by atoms with Gasteiger partial charge in [-0.25, -0.2) is 4.98 Å². The van der Waals surface area contributed by atoms with E-state index in [1.807, 2.05) is 43.5 Å². The Kier molecular flexibility index (Phi) is 4.92. The third kappa shape index (κ3) is 4.71. The number of benzene rings is 1. The second-order valence-electron chi connectivity index (χ2n) is 4.05. The van der Waals surface area contributed by atoms with Gasteiger partial charge in [-0.15, -0.1) is 11.3 Å². The quantitative estimate of drug-likeness (QED) is 0.882. The molecule has 19 heavy (non-hydrogen) atoms. The summed E-state index contributed by atoms with van der Waals surface area (Å²) in [5.74, 6) is 0.759. The third-order valence-electron chi connectivity index (χ3n) is 2.45. The zero-order chi connectivity index (χ0) is 13.5. The highest BCUT2D eigenvalue weighted by Crippen LogP contribution is 2.10. The van der Waals surface area contributed by atoms with Gasteiger partial charge >= 0.3 is 0 Å². The van der Waals surface area contributed by atoms with Crippen LogP contribution in [0.4, 0.5) is 0 Å². The molecule has 0 bridgehead atoms. The number of aryl methyl sites for hydroxylation is 1. The average Bonchev–Trinajstić information content (AvgIpc) is 2.83. The lowest BCUT2D eigenvalue weighted by Crippen LogP contribution is -2.24. The topological polar surface area (TPSA) is 51.2 Å². The van der Waals surface area contributed by atoms with Crippen LogP contribution in [0.1, 0.15) is 16.3 Å². The van der Waals surface area contributed by atoms with Crippen molar-refractivity contribution in [2.75, 3.05) is 6.61 Å². The summed E-state index contributed by atoms with van der Waals surface area (Å²) >= 11 is 1.59. The van der Waals surface area contributed by atoms with Crippen LogP contribution in [0.2, 0.25) is 0 Å². The second-order valence-corrected chi connectivity index (χ2v) is 5.37. The number of ether oxygens (including phenoxy) is 1. The van der Waals surface area contributed by atoms with Crippen LogP contribution in [0.3, 0.4) is 0 Å². The van der Waals surface area contributed by atoms with E-state index < -0.39 is 0 Å². The van der Waals surface area contributed by atoms with Crippen LogP contribution >= 0.6 is 11.3 Å². The number of hydrogen-bond donors (Lipinski definition) is 1. The Balaban J connectivity index is 1.65. The summed E-state index contributed by atoms with van der Waals surface area (Å²) in [7, 11) is 0. The molecule has 100 valence electrons. The molecule has 2 aromatic rings. The van der Waals surface area contributed by atoms with E-state index in [1.165, 1.54) is 0 Å². The van der Waals surface area contributed by atoms with Crippen LogP contribution in [-0.4, -0.2) is 17.5 Å². The normalized spacial score (nSPS) is 10.2. The molecule has 4 nitrogen and oxygen atoms in total. The molecule has 1 amide bonds. The summed E-state index contributed by atoms with van der Waals surface area (Å²) in [5, 5.41) is 3.75. The molecule has 1 aromatic carbocycles. The van der Waals surface area contributed by atoms with E-state index in [4.69, 9.17) is 4.74 Å². The molecule has 0 aliphatic rings. The second kappa shape index (κ2) is 6.89. The molecule has 0 aliphatic carbocycles. The van der Waals surface area contributed by atoms with Crippen LogP contribution in [0.25, 0.3) is 0 Å². The summed E-state index contributed by atoms with van der Waals surface area (Å²) in [5.41, 5.74) is 0. The standard InChI is InChI=1S/C14H16N2O2S/c1-11-9-16-14(19-11)10-15-13(17)7-8-18-12-5-3-2-4-6-12/h2-6,9H,7-8,10H2,1H3,(H,15,17). The van der Waals surface area contributed by atoms with Crippen LogP contribution in [0.15, 0.2) is 36.5 Å². The van der Waals surface area contributed by atoms with Crippen molar-refractivity contribution < 1.29 is 9.53 Å². The number of amides is 1. The van der Waals surface area contributed by atoms with Crippen molar-refractivity contribution in [1.29, 1.82) is 0 Å². The number of rotatable bonds is 6. The number of nitrogens with one attached hydrogen (secondary N) is 1. The molecule has 0 radical (unpaired) electrons. The van der Waals surface area contributed by atoms with Gasteiger partial charge in [0.25, 0.3) is 0 Å². The number of carbonyl (C=O) groups excluding carboxylic acids is 1. The first-order valence-electron chi connectivity index (χ1n) is 6.10. The van der Waals surface area contributed by atoms with E-state index in [-0.39, 0.29) is 5.91 Å². The van der Waals surface area contributed by atoms with Crippen LogP contribution in [0.5, 0.6) is 5.75 Å². The zero-order valence-corrected chi connectivity index (χ0v) is 11.6. The van der Waals surface area contributed by atoms with Crippen molar-refractivity contribution in [2.45, 2.75) is 19.9 Å². The van der Waals surface area contributed by atoms with Crippen molar-refractivity contribution >= 4 is 17.2 Å². The van der Waals surface area contributed by atoms with E-state index in [1.54, 1.807) is 11.3 Å². The number of carbonyl (C=O) groups is 1. The Hall–Kier alpha value is -1.88. The van der Waals surface area contributed by atoms with E-state index in [9.17, 15) is 4.79 Å². The van der Waals surface area contributed by atoms with Gasteiger partial charge in [-0.05, 0) is 19.1 Å².